The number of methoxy groups -OCH3 is 1. The first-order valence-electron chi connectivity index (χ1n) is 11.0. The minimum atomic E-state index is -4.59. The average Bonchev–Trinajstić information content (AvgIpc) is 2.76. The van der Waals surface area contributed by atoms with Crippen LogP contribution < -0.4 is 4.74 Å². The van der Waals surface area contributed by atoms with Gasteiger partial charge < -0.3 is 4.74 Å². The molecule has 3 rings (SSSR count). The number of hydrogen-bond donors (Lipinski definition) is 0. The number of benzene rings is 3. The van der Waals surface area contributed by atoms with Gasteiger partial charge in [0.1, 0.15) is 5.75 Å². The minimum absolute atomic E-state index is 0.0597. The molecular formula is C27H25ClF6O. The molecule has 0 aliphatic carbocycles. The fourth-order valence-corrected chi connectivity index (χ4v) is 4.34. The molecule has 0 heterocycles. The fraction of sp³-hybridized carbons (Fsp3) is 0.333. The monoisotopic (exact) mass is 514 g/mol. The molecule has 3 aromatic carbocycles. The van der Waals surface area contributed by atoms with Crippen molar-refractivity contribution in [2.24, 2.45) is 0 Å². The predicted octanol–water partition coefficient (Wildman–Crippen LogP) is 9.52. The lowest BCUT2D eigenvalue weighted by molar-refractivity contribution is -0.138. The molecule has 0 bridgehead atoms. The summed E-state index contributed by atoms with van der Waals surface area (Å²) in [6, 6.07) is 12.2. The first-order valence-corrected chi connectivity index (χ1v) is 11.3. The van der Waals surface area contributed by atoms with Gasteiger partial charge in [0.05, 0.1) is 18.2 Å². The summed E-state index contributed by atoms with van der Waals surface area (Å²) in [5.41, 5.74) is 1.03. The molecule has 1 nitrogen and oxygen atoms in total. The van der Waals surface area contributed by atoms with Crippen LogP contribution in [0.15, 0.2) is 54.6 Å². The molecule has 0 aliphatic rings. The summed E-state index contributed by atoms with van der Waals surface area (Å²) in [5, 5.41) is -0.0856. The molecule has 1 unspecified atom stereocenters. The molecule has 0 fully saturated rings. The quantitative estimate of drug-likeness (QED) is 0.298. The number of ether oxygens (including phenoxy) is 1. The molecule has 0 spiro atoms. The van der Waals surface area contributed by atoms with E-state index in [9.17, 15) is 26.3 Å². The summed E-state index contributed by atoms with van der Waals surface area (Å²) in [6.45, 7) is 5.68. The van der Waals surface area contributed by atoms with Crippen LogP contribution in [0.4, 0.5) is 26.3 Å². The lowest BCUT2D eigenvalue weighted by atomic mass is 9.85. The van der Waals surface area contributed by atoms with Crippen molar-refractivity contribution in [2.75, 3.05) is 7.11 Å². The first kappa shape index (κ1) is 26.9. The third kappa shape index (κ3) is 6.31. The van der Waals surface area contributed by atoms with E-state index in [1.165, 1.54) is 19.2 Å². The van der Waals surface area contributed by atoms with Crippen molar-refractivity contribution in [1.82, 2.24) is 0 Å². The van der Waals surface area contributed by atoms with Gasteiger partial charge in [0.2, 0.25) is 0 Å². The summed E-state index contributed by atoms with van der Waals surface area (Å²) < 4.78 is 86.0. The zero-order valence-corrected chi connectivity index (χ0v) is 20.4. The summed E-state index contributed by atoms with van der Waals surface area (Å²) in [6.07, 6.45) is -9.10. The molecule has 0 N–H and O–H groups in total. The molecule has 35 heavy (non-hydrogen) atoms. The minimum Gasteiger partial charge on any atom is -0.496 e. The van der Waals surface area contributed by atoms with Crippen LogP contribution in [-0.4, -0.2) is 7.11 Å². The van der Waals surface area contributed by atoms with Crippen molar-refractivity contribution in [3.63, 3.8) is 0 Å². The average molecular weight is 515 g/mol. The second-order valence-corrected chi connectivity index (χ2v) is 9.30. The van der Waals surface area contributed by atoms with Crippen molar-refractivity contribution in [3.8, 4) is 16.9 Å². The van der Waals surface area contributed by atoms with Crippen molar-refractivity contribution in [1.29, 1.82) is 0 Å². The van der Waals surface area contributed by atoms with Gasteiger partial charge in [0, 0.05) is 10.6 Å². The summed E-state index contributed by atoms with van der Waals surface area (Å²) >= 11 is 5.92. The van der Waals surface area contributed by atoms with Crippen LogP contribution in [0.25, 0.3) is 11.1 Å². The Kier molecular flexibility index (Phi) is 7.80. The van der Waals surface area contributed by atoms with Crippen LogP contribution in [0, 0.1) is 0 Å². The Morgan fingerprint density at radius 2 is 1.43 bits per heavy atom. The van der Waals surface area contributed by atoms with Crippen LogP contribution in [0.1, 0.15) is 60.4 Å². The van der Waals surface area contributed by atoms with E-state index < -0.39 is 29.4 Å². The maximum atomic E-state index is 13.6. The Morgan fingerprint density at radius 3 is 2.00 bits per heavy atom. The Hall–Kier alpha value is -2.67. The third-order valence-corrected chi connectivity index (χ3v) is 6.14. The zero-order chi connectivity index (χ0) is 26.1. The maximum Gasteiger partial charge on any atom is 0.416 e. The zero-order valence-electron chi connectivity index (χ0n) is 19.6. The van der Waals surface area contributed by atoms with Crippen LogP contribution in [-0.2, 0) is 18.8 Å². The first-order chi connectivity index (χ1) is 16.2. The second kappa shape index (κ2) is 10.1. The standard InChI is InChI=1S/C27H25ClF6O/c1-15(2)18-5-8-25(35-4)24(12-18)22-7-6-19(26(29,30)31)14-23(22)16(3)9-17-10-20(27(32,33)34)13-21(28)11-17/h5-8,10-16H,9H2,1-4H3. The van der Waals surface area contributed by atoms with E-state index in [-0.39, 0.29) is 22.9 Å². The highest BCUT2D eigenvalue weighted by molar-refractivity contribution is 6.30. The van der Waals surface area contributed by atoms with E-state index in [1.807, 2.05) is 26.0 Å². The largest absolute Gasteiger partial charge is 0.496 e. The number of rotatable bonds is 6. The van der Waals surface area contributed by atoms with Crippen LogP contribution >= 0.6 is 11.6 Å². The van der Waals surface area contributed by atoms with E-state index in [4.69, 9.17) is 16.3 Å². The summed E-state index contributed by atoms with van der Waals surface area (Å²) in [7, 11) is 1.48. The Labute approximate surface area is 205 Å². The molecule has 0 amide bonds. The van der Waals surface area contributed by atoms with Gasteiger partial charge >= 0.3 is 12.4 Å². The number of alkyl halides is 6. The van der Waals surface area contributed by atoms with Gasteiger partial charge in [-0.25, -0.2) is 0 Å². The number of halogens is 7. The normalized spacial score (nSPS) is 13.3. The third-order valence-electron chi connectivity index (χ3n) is 5.92. The van der Waals surface area contributed by atoms with Gasteiger partial charge in [0.25, 0.3) is 0 Å². The Balaban J connectivity index is 2.16. The maximum absolute atomic E-state index is 13.6. The Bertz CT molecular complexity index is 1200. The smallest absolute Gasteiger partial charge is 0.416 e. The van der Waals surface area contributed by atoms with Gasteiger partial charge in [-0.15, -0.1) is 0 Å². The highest BCUT2D eigenvalue weighted by Gasteiger charge is 2.33. The highest BCUT2D eigenvalue weighted by Crippen LogP contribution is 2.42. The topological polar surface area (TPSA) is 9.23 Å². The van der Waals surface area contributed by atoms with Crippen LogP contribution in [0.2, 0.25) is 5.02 Å². The van der Waals surface area contributed by atoms with Crippen molar-refractivity contribution >= 4 is 11.6 Å². The van der Waals surface area contributed by atoms with E-state index in [1.54, 1.807) is 13.0 Å². The van der Waals surface area contributed by atoms with Gasteiger partial charge in [-0.2, -0.15) is 26.3 Å². The second-order valence-electron chi connectivity index (χ2n) is 8.87. The van der Waals surface area contributed by atoms with Gasteiger partial charge in [-0.05, 0) is 83.0 Å². The summed E-state index contributed by atoms with van der Waals surface area (Å²) in [4.78, 5) is 0. The fourth-order valence-electron chi connectivity index (χ4n) is 4.08. The van der Waals surface area contributed by atoms with Crippen molar-refractivity contribution in [3.05, 3.63) is 87.4 Å². The van der Waals surface area contributed by atoms with Gasteiger partial charge in [0.15, 0.2) is 0 Å². The van der Waals surface area contributed by atoms with Crippen molar-refractivity contribution < 1.29 is 31.1 Å². The molecule has 0 saturated carbocycles. The van der Waals surface area contributed by atoms with Gasteiger partial charge in [-0.1, -0.05) is 44.5 Å². The molecular weight excluding hydrogens is 490 g/mol. The van der Waals surface area contributed by atoms with E-state index in [0.29, 0.717) is 22.4 Å². The van der Waals surface area contributed by atoms with Crippen molar-refractivity contribution in [2.45, 2.75) is 51.4 Å². The molecule has 8 heteroatoms. The molecule has 188 valence electrons. The lowest BCUT2D eigenvalue weighted by Gasteiger charge is -2.22. The molecule has 0 aromatic heterocycles. The molecule has 0 saturated heterocycles. The predicted molar refractivity (Wildman–Crippen MR) is 126 cm³/mol. The molecule has 1 atom stereocenters. The van der Waals surface area contributed by atoms with Crippen LogP contribution in [0.5, 0.6) is 5.75 Å². The molecule has 0 aliphatic heterocycles. The SMILES string of the molecule is COc1ccc(C(C)C)cc1-c1ccc(C(F)(F)F)cc1C(C)Cc1cc(Cl)cc(C(F)(F)F)c1. The summed E-state index contributed by atoms with van der Waals surface area (Å²) in [5.74, 6) is 0.103. The van der Waals surface area contributed by atoms with E-state index >= 15 is 0 Å². The number of hydrogen-bond acceptors (Lipinski definition) is 1. The molecule has 0 radical (unpaired) electrons. The lowest BCUT2D eigenvalue weighted by Crippen LogP contribution is -2.10. The van der Waals surface area contributed by atoms with Crippen LogP contribution in [0.3, 0.4) is 0 Å². The van der Waals surface area contributed by atoms with E-state index in [2.05, 4.69) is 0 Å². The Morgan fingerprint density at radius 1 is 0.771 bits per heavy atom. The van der Waals surface area contributed by atoms with E-state index in [0.717, 1.165) is 29.8 Å². The molecule has 3 aromatic rings. The van der Waals surface area contributed by atoms with Gasteiger partial charge in [-0.3, -0.25) is 0 Å². The highest BCUT2D eigenvalue weighted by atomic mass is 35.5.